The van der Waals surface area contributed by atoms with E-state index in [1.807, 2.05) is 6.07 Å². The van der Waals surface area contributed by atoms with Crippen molar-refractivity contribution in [3.8, 4) is 0 Å². The van der Waals surface area contributed by atoms with Crippen LogP contribution in [0.1, 0.15) is 25.5 Å². The van der Waals surface area contributed by atoms with E-state index in [1.54, 1.807) is 18.3 Å². The van der Waals surface area contributed by atoms with E-state index >= 15 is 0 Å². The van der Waals surface area contributed by atoms with Crippen molar-refractivity contribution in [2.45, 2.75) is 32.3 Å². The van der Waals surface area contributed by atoms with Crippen LogP contribution in [0.3, 0.4) is 0 Å². The van der Waals surface area contributed by atoms with Crippen LogP contribution in [0.2, 0.25) is 0 Å². The van der Waals surface area contributed by atoms with E-state index in [4.69, 9.17) is 16.3 Å². The van der Waals surface area contributed by atoms with Crippen LogP contribution < -0.4 is 4.90 Å². The van der Waals surface area contributed by atoms with Crippen LogP contribution in [-0.2, 0) is 16.0 Å². The first-order chi connectivity index (χ1) is 11.5. The number of morpholine rings is 1. The third kappa shape index (κ3) is 5.46. The van der Waals surface area contributed by atoms with Gasteiger partial charge in [-0.05, 0) is 12.8 Å². The maximum absolute atomic E-state index is 12.1. The lowest BCUT2D eigenvalue weighted by molar-refractivity contribution is -0.131. The predicted octanol–water partition coefficient (Wildman–Crippen LogP) is 2.24. The Morgan fingerprint density at radius 1 is 1.50 bits per heavy atom. The summed E-state index contributed by atoms with van der Waals surface area (Å²) >= 11 is 5.72. The van der Waals surface area contributed by atoms with E-state index in [0.717, 1.165) is 24.5 Å². The maximum atomic E-state index is 12.1. The SMILES string of the molecule is C=C(Cl)CCC(=O)N(C)CC1CN(c2cc(CC)ncn2)CCO1. The van der Waals surface area contributed by atoms with E-state index in [9.17, 15) is 4.79 Å². The smallest absolute Gasteiger partial charge is 0.222 e. The number of carbonyl (C=O) groups excluding carboxylic acids is 1. The Morgan fingerprint density at radius 2 is 2.29 bits per heavy atom. The highest BCUT2D eigenvalue weighted by Gasteiger charge is 2.24. The van der Waals surface area contributed by atoms with Crippen molar-refractivity contribution in [1.29, 1.82) is 0 Å². The van der Waals surface area contributed by atoms with E-state index in [2.05, 4.69) is 28.4 Å². The lowest BCUT2D eigenvalue weighted by Crippen LogP contribution is -2.48. The van der Waals surface area contributed by atoms with Gasteiger partial charge in [-0.15, -0.1) is 0 Å². The van der Waals surface area contributed by atoms with Gasteiger partial charge in [0.05, 0.1) is 12.7 Å². The molecular formula is C17H25ClN4O2. The van der Waals surface area contributed by atoms with Gasteiger partial charge in [-0.25, -0.2) is 9.97 Å². The summed E-state index contributed by atoms with van der Waals surface area (Å²) in [6.07, 6.45) is 3.33. The molecular weight excluding hydrogens is 328 g/mol. The van der Waals surface area contributed by atoms with E-state index in [1.165, 1.54) is 0 Å². The molecule has 6 nitrogen and oxygen atoms in total. The second kappa shape index (κ2) is 8.99. The summed E-state index contributed by atoms with van der Waals surface area (Å²) in [5.74, 6) is 0.968. The fourth-order valence-electron chi connectivity index (χ4n) is 2.63. The number of likely N-dealkylation sites (N-methyl/N-ethyl adjacent to an activating group) is 1. The molecule has 2 heterocycles. The van der Waals surface area contributed by atoms with Crippen LogP contribution in [0.15, 0.2) is 24.0 Å². The molecule has 0 aliphatic carbocycles. The minimum Gasteiger partial charge on any atom is -0.373 e. The molecule has 1 unspecified atom stereocenters. The summed E-state index contributed by atoms with van der Waals surface area (Å²) in [5.41, 5.74) is 1.02. The molecule has 0 aromatic carbocycles. The molecule has 0 N–H and O–H groups in total. The second-order valence-corrected chi connectivity index (χ2v) is 6.49. The number of hydrogen-bond donors (Lipinski definition) is 0. The number of rotatable bonds is 7. The molecule has 1 aliphatic rings. The van der Waals surface area contributed by atoms with Crippen molar-refractivity contribution in [1.82, 2.24) is 14.9 Å². The lowest BCUT2D eigenvalue weighted by Gasteiger charge is -2.35. The normalized spacial score (nSPS) is 17.6. The van der Waals surface area contributed by atoms with Gasteiger partial charge in [0.15, 0.2) is 0 Å². The van der Waals surface area contributed by atoms with E-state index < -0.39 is 0 Å². The Kier molecular flexibility index (Phi) is 6.99. The molecule has 132 valence electrons. The minimum absolute atomic E-state index is 0.0352. The number of halogens is 1. The number of aromatic nitrogens is 2. The molecule has 7 heteroatoms. The third-order valence-corrected chi connectivity index (χ3v) is 4.24. The number of aryl methyl sites for hydroxylation is 1. The molecule has 1 fully saturated rings. The Morgan fingerprint density at radius 3 is 3.00 bits per heavy atom. The van der Waals surface area contributed by atoms with Crippen molar-refractivity contribution >= 4 is 23.3 Å². The first-order valence-electron chi connectivity index (χ1n) is 8.24. The van der Waals surface area contributed by atoms with Crippen LogP contribution in [0.4, 0.5) is 5.82 Å². The molecule has 1 saturated heterocycles. The average Bonchev–Trinajstić information content (AvgIpc) is 2.59. The largest absolute Gasteiger partial charge is 0.373 e. The summed E-state index contributed by atoms with van der Waals surface area (Å²) in [6.45, 7) is 8.36. The van der Waals surface area contributed by atoms with Crippen molar-refractivity contribution in [2.24, 2.45) is 0 Å². The zero-order valence-corrected chi connectivity index (χ0v) is 15.1. The maximum Gasteiger partial charge on any atom is 0.222 e. The van der Waals surface area contributed by atoms with Gasteiger partial charge in [-0.3, -0.25) is 4.79 Å². The van der Waals surface area contributed by atoms with Gasteiger partial charge in [0.25, 0.3) is 0 Å². The van der Waals surface area contributed by atoms with E-state index in [0.29, 0.717) is 37.6 Å². The first-order valence-corrected chi connectivity index (χ1v) is 8.62. The standard InChI is InChI=1S/C17H25ClN4O2/c1-4-14-9-16(20-12-19-14)22-7-8-24-15(11-22)10-21(3)17(23)6-5-13(2)18/h9,12,15H,2,4-8,10-11H2,1,3H3. The monoisotopic (exact) mass is 352 g/mol. The number of allylic oxidation sites excluding steroid dienone is 1. The summed E-state index contributed by atoms with van der Waals surface area (Å²) in [4.78, 5) is 24.6. The molecule has 1 atom stereocenters. The molecule has 0 bridgehead atoms. The highest BCUT2D eigenvalue weighted by molar-refractivity contribution is 6.29. The van der Waals surface area contributed by atoms with Crippen molar-refractivity contribution < 1.29 is 9.53 Å². The minimum atomic E-state index is -0.0352. The summed E-state index contributed by atoms with van der Waals surface area (Å²) < 4.78 is 5.81. The predicted molar refractivity (Wildman–Crippen MR) is 95.2 cm³/mol. The Bertz CT molecular complexity index is 581. The topological polar surface area (TPSA) is 58.6 Å². The molecule has 0 saturated carbocycles. The summed E-state index contributed by atoms with van der Waals surface area (Å²) in [6, 6.07) is 2.02. The molecule has 1 aromatic rings. The van der Waals surface area contributed by atoms with Gasteiger partial charge >= 0.3 is 0 Å². The molecule has 2 rings (SSSR count). The zero-order chi connectivity index (χ0) is 17.5. The number of hydrogen-bond acceptors (Lipinski definition) is 5. The fourth-order valence-corrected chi connectivity index (χ4v) is 2.73. The van der Waals surface area contributed by atoms with Gasteiger partial charge in [0.1, 0.15) is 12.1 Å². The molecule has 1 amide bonds. The zero-order valence-electron chi connectivity index (χ0n) is 14.4. The average molecular weight is 353 g/mol. The lowest BCUT2D eigenvalue weighted by atomic mass is 10.2. The highest BCUT2D eigenvalue weighted by Crippen LogP contribution is 2.17. The Balaban J connectivity index is 1.90. The molecule has 1 aliphatic heterocycles. The van der Waals surface area contributed by atoms with Gasteiger partial charge in [0.2, 0.25) is 5.91 Å². The molecule has 0 radical (unpaired) electrons. The molecule has 24 heavy (non-hydrogen) atoms. The van der Waals surface area contributed by atoms with Crippen LogP contribution >= 0.6 is 11.6 Å². The molecule has 1 aromatic heterocycles. The van der Waals surface area contributed by atoms with Crippen LogP contribution in [0, 0.1) is 0 Å². The fraction of sp³-hybridized carbons (Fsp3) is 0.588. The van der Waals surface area contributed by atoms with Crippen LogP contribution in [0.5, 0.6) is 0 Å². The number of nitrogens with zero attached hydrogens (tertiary/aromatic N) is 4. The van der Waals surface area contributed by atoms with Crippen LogP contribution in [-0.4, -0.2) is 60.2 Å². The van der Waals surface area contributed by atoms with Crippen molar-refractivity contribution in [3.63, 3.8) is 0 Å². The third-order valence-electron chi connectivity index (χ3n) is 4.05. The number of ether oxygens (including phenoxy) is 1. The van der Waals surface area contributed by atoms with E-state index in [-0.39, 0.29) is 12.0 Å². The quantitative estimate of drug-likeness (QED) is 0.753. The van der Waals surface area contributed by atoms with Crippen molar-refractivity contribution in [2.75, 3.05) is 38.2 Å². The summed E-state index contributed by atoms with van der Waals surface area (Å²) in [5, 5.41) is 0.507. The number of carbonyl (C=O) groups is 1. The highest BCUT2D eigenvalue weighted by atomic mass is 35.5. The number of amides is 1. The van der Waals surface area contributed by atoms with Crippen LogP contribution in [0.25, 0.3) is 0 Å². The first kappa shape index (κ1) is 18.7. The summed E-state index contributed by atoms with van der Waals surface area (Å²) in [7, 11) is 1.79. The Hall–Kier alpha value is -1.66. The van der Waals surface area contributed by atoms with Gasteiger partial charge in [-0.1, -0.05) is 25.1 Å². The number of anilines is 1. The van der Waals surface area contributed by atoms with Crippen molar-refractivity contribution in [3.05, 3.63) is 29.7 Å². The molecule has 0 spiro atoms. The van der Waals surface area contributed by atoms with Gasteiger partial charge in [-0.2, -0.15) is 0 Å². The van der Waals surface area contributed by atoms with Gasteiger partial charge in [0, 0.05) is 49.9 Å². The second-order valence-electron chi connectivity index (χ2n) is 5.95. The van der Waals surface area contributed by atoms with Gasteiger partial charge < -0.3 is 14.5 Å². The Labute approximate surface area is 148 Å².